The van der Waals surface area contributed by atoms with E-state index >= 15 is 0 Å². The van der Waals surface area contributed by atoms with Crippen LogP contribution in [-0.2, 0) is 0 Å². The maximum Gasteiger partial charge on any atom is 0.415 e. The van der Waals surface area contributed by atoms with E-state index in [2.05, 4.69) is 5.32 Å². The second-order valence-electron chi connectivity index (χ2n) is 3.38. The van der Waals surface area contributed by atoms with Gasteiger partial charge in [-0.3, -0.25) is 0 Å². The highest BCUT2D eigenvalue weighted by molar-refractivity contribution is 5.01. The molecule has 0 aromatic carbocycles. The first kappa shape index (κ1) is 10.7. The van der Waals surface area contributed by atoms with Crippen LogP contribution in [0, 0.1) is 0 Å². The molecule has 1 unspecified atom stereocenters. The molecule has 0 aromatic rings. The van der Waals surface area contributed by atoms with E-state index in [0.717, 1.165) is 0 Å². The van der Waals surface area contributed by atoms with Crippen molar-refractivity contribution in [2.45, 2.75) is 30.7 Å². The fraction of sp³-hybridized carbons (Fsp3) is 1.00. The summed E-state index contributed by atoms with van der Waals surface area (Å²) in [7, 11) is 0. The molecular formula is C7H12F3NO2. The quantitative estimate of drug-likeness (QED) is 0.598. The molecule has 1 atom stereocenters. The lowest BCUT2D eigenvalue weighted by Crippen LogP contribution is -2.45. The van der Waals surface area contributed by atoms with Crippen molar-refractivity contribution in [3.8, 4) is 0 Å². The van der Waals surface area contributed by atoms with E-state index in [9.17, 15) is 13.2 Å². The van der Waals surface area contributed by atoms with Gasteiger partial charge < -0.3 is 15.5 Å². The van der Waals surface area contributed by atoms with Crippen LogP contribution in [0.4, 0.5) is 13.2 Å². The average Bonchev–Trinajstić information content (AvgIpc) is 2.79. The van der Waals surface area contributed by atoms with Gasteiger partial charge in [-0.25, -0.2) is 0 Å². The van der Waals surface area contributed by atoms with E-state index in [1.165, 1.54) is 0 Å². The molecule has 13 heavy (non-hydrogen) atoms. The normalized spacial score (nSPS) is 22.8. The summed E-state index contributed by atoms with van der Waals surface area (Å²) in [6, 6.07) is 0. The van der Waals surface area contributed by atoms with E-state index in [1.54, 1.807) is 0 Å². The van der Waals surface area contributed by atoms with Gasteiger partial charge in [-0.15, -0.1) is 0 Å². The van der Waals surface area contributed by atoms with Crippen LogP contribution in [0.25, 0.3) is 0 Å². The van der Waals surface area contributed by atoms with Gasteiger partial charge in [0.1, 0.15) is 0 Å². The molecule has 0 aliphatic heterocycles. The Balaban J connectivity index is 2.26. The van der Waals surface area contributed by atoms with Crippen molar-refractivity contribution in [1.82, 2.24) is 5.32 Å². The lowest BCUT2D eigenvalue weighted by molar-refractivity contribution is -0.202. The molecule has 6 heteroatoms. The second-order valence-corrected chi connectivity index (χ2v) is 3.38. The van der Waals surface area contributed by atoms with Gasteiger partial charge in [0.25, 0.3) is 0 Å². The smallest absolute Gasteiger partial charge is 0.394 e. The van der Waals surface area contributed by atoms with Crippen molar-refractivity contribution in [3.05, 3.63) is 0 Å². The molecule has 0 saturated heterocycles. The predicted molar refractivity (Wildman–Crippen MR) is 39.1 cm³/mol. The van der Waals surface area contributed by atoms with E-state index in [-0.39, 0.29) is 6.61 Å². The lowest BCUT2D eigenvalue weighted by Gasteiger charge is -2.19. The monoisotopic (exact) mass is 199 g/mol. The Labute approximate surface area is 73.6 Å². The maximum absolute atomic E-state index is 11.8. The molecular weight excluding hydrogens is 187 g/mol. The first-order valence-corrected chi connectivity index (χ1v) is 4.00. The predicted octanol–water partition coefficient (Wildman–Crippen LogP) is 0.0241. The summed E-state index contributed by atoms with van der Waals surface area (Å²) in [5.41, 5.74) is -0.563. The maximum atomic E-state index is 11.8. The molecule has 1 rings (SSSR count). The van der Waals surface area contributed by atoms with Crippen LogP contribution in [0.3, 0.4) is 0 Å². The molecule has 0 radical (unpaired) electrons. The summed E-state index contributed by atoms with van der Waals surface area (Å²) in [5, 5.41) is 19.9. The van der Waals surface area contributed by atoms with Crippen molar-refractivity contribution in [1.29, 1.82) is 0 Å². The molecule has 0 bridgehead atoms. The standard InChI is InChI=1S/C7H12F3NO2/c8-7(9,10)5(13)3-11-6(4-12)1-2-6/h5,11-13H,1-4H2. The molecule has 1 aliphatic carbocycles. The van der Waals surface area contributed by atoms with Gasteiger partial charge >= 0.3 is 6.18 Å². The number of β-amino-alcohol motifs (C(OH)–C–C–N with tert-alkyl or cyclic N) is 1. The Bertz CT molecular complexity index is 179. The average molecular weight is 199 g/mol. The van der Waals surface area contributed by atoms with Crippen LogP contribution in [0.5, 0.6) is 0 Å². The van der Waals surface area contributed by atoms with Gasteiger partial charge in [-0.05, 0) is 12.8 Å². The van der Waals surface area contributed by atoms with Crippen LogP contribution in [0.15, 0.2) is 0 Å². The summed E-state index contributed by atoms with van der Waals surface area (Å²) in [4.78, 5) is 0. The number of nitrogens with one attached hydrogen (secondary N) is 1. The third kappa shape index (κ3) is 2.82. The topological polar surface area (TPSA) is 52.5 Å². The number of hydrogen-bond donors (Lipinski definition) is 3. The molecule has 0 aromatic heterocycles. The van der Waals surface area contributed by atoms with Crippen LogP contribution >= 0.6 is 0 Å². The molecule has 3 N–H and O–H groups in total. The Morgan fingerprint density at radius 1 is 1.38 bits per heavy atom. The summed E-state index contributed by atoms with van der Waals surface area (Å²) in [6.07, 6.45) is -5.61. The van der Waals surface area contributed by atoms with Crippen LogP contribution in [-0.4, -0.2) is 41.2 Å². The zero-order valence-electron chi connectivity index (χ0n) is 6.93. The molecule has 78 valence electrons. The van der Waals surface area contributed by atoms with Crippen molar-refractivity contribution < 1.29 is 23.4 Å². The van der Waals surface area contributed by atoms with E-state index in [4.69, 9.17) is 10.2 Å². The molecule has 3 nitrogen and oxygen atoms in total. The third-order valence-corrected chi connectivity index (χ3v) is 2.20. The first-order valence-electron chi connectivity index (χ1n) is 4.00. The Hall–Kier alpha value is -0.330. The molecule has 1 fully saturated rings. The zero-order chi connectivity index (χ0) is 10.1. The van der Waals surface area contributed by atoms with Gasteiger partial charge in [-0.2, -0.15) is 13.2 Å². The number of aliphatic hydroxyl groups excluding tert-OH is 2. The summed E-state index contributed by atoms with van der Waals surface area (Å²) >= 11 is 0. The minimum Gasteiger partial charge on any atom is -0.394 e. The Kier molecular flexibility index (Phi) is 2.84. The molecule has 0 amide bonds. The molecule has 1 aliphatic rings. The van der Waals surface area contributed by atoms with Crippen molar-refractivity contribution in [3.63, 3.8) is 0 Å². The third-order valence-electron chi connectivity index (χ3n) is 2.20. The number of alkyl halides is 3. The Morgan fingerprint density at radius 2 is 1.92 bits per heavy atom. The van der Waals surface area contributed by atoms with Crippen molar-refractivity contribution in [2.75, 3.05) is 13.2 Å². The molecule has 0 heterocycles. The minimum atomic E-state index is -4.58. The second kappa shape index (κ2) is 3.43. The van der Waals surface area contributed by atoms with Crippen molar-refractivity contribution >= 4 is 0 Å². The number of rotatable bonds is 4. The SMILES string of the molecule is OCC1(NCC(O)C(F)(F)F)CC1. The van der Waals surface area contributed by atoms with E-state index in [1.807, 2.05) is 0 Å². The summed E-state index contributed by atoms with van der Waals surface area (Å²) in [6.45, 7) is -0.734. The number of aliphatic hydroxyl groups is 2. The molecule has 0 spiro atoms. The highest BCUT2D eigenvalue weighted by Crippen LogP contribution is 2.34. The lowest BCUT2D eigenvalue weighted by atomic mass is 10.2. The van der Waals surface area contributed by atoms with Crippen LogP contribution < -0.4 is 5.32 Å². The number of hydrogen-bond acceptors (Lipinski definition) is 3. The fourth-order valence-electron chi connectivity index (χ4n) is 0.971. The largest absolute Gasteiger partial charge is 0.415 e. The van der Waals surface area contributed by atoms with Crippen molar-refractivity contribution in [2.24, 2.45) is 0 Å². The zero-order valence-corrected chi connectivity index (χ0v) is 6.93. The highest BCUT2D eigenvalue weighted by Gasteiger charge is 2.45. The molecule has 1 saturated carbocycles. The fourth-order valence-corrected chi connectivity index (χ4v) is 0.971. The summed E-state index contributed by atoms with van der Waals surface area (Å²) in [5.74, 6) is 0. The van der Waals surface area contributed by atoms with Gasteiger partial charge in [-0.1, -0.05) is 0 Å². The van der Waals surface area contributed by atoms with Crippen LogP contribution in [0.1, 0.15) is 12.8 Å². The van der Waals surface area contributed by atoms with Gasteiger partial charge in [0, 0.05) is 12.1 Å². The van der Waals surface area contributed by atoms with Gasteiger partial charge in [0.05, 0.1) is 6.61 Å². The highest BCUT2D eigenvalue weighted by atomic mass is 19.4. The summed E-state index contributed by atoms with van der Waals surface area (Å²) < 4.78 is 35.4. The van der Waals surface area contributed by atoms with Crippen LogP contribution in [0.2, 0.25) is 0 Å². The first-order chi connectivity index (χ1) is 5.90. The van der Waals surface area contributed by atoms with E-state index in [0.29, 0.717) is 12.8 Å². The number of halogens is 3. The van der Waals surface area contributed by atoms with Gasteiger partial charge in [0.15, 0.2) is 6.10 Å². The minimum absolute atomic E-state index is 0.183. The van der Waals surface area contributed by atoms with E-state index < -0.39 is 24.4 Å². The Morgan fingerprint density at radius 3 is 2.23 bits per heavy atom. The van der Waals surface area contributed by atoms with Gasteiger partial charge in [0.2, 0.25) is 0 Å².